The van der Waals surface area contributed by atoms with Crippen LogP contribution < -0.4 is 0 Å². The summed E-state index contributed by atoms with van der Waals surface area (Å²) in [6, 6.07) is 0. The molecule has 0 N–H and O–H groups in total. The predicted octanol–water partition coefficient (Wildman–Crippen LogP) is 11.7. The van der Waals surface area contributed by atoms with Gasteiger partial charge in [-0.25, -0.2) is 0 Å². The van der Waals surface area contributed by atoms with Gasteiger partial charge in [-0.05, 0) is 85.1 Å². The second-order valence-electron chi connectivity index (χ2n) is 14.2. The molecule has 1 saturated carbocycles. The van der Waals surface area contributed by atoms with E-state index in [4.69, 9.17) is 4.74 Å². The molecule has 1 nitrogen and oxygen atoms in total. The third-order valence-electron chi connectivity index (χ3n) is 9.58. The van der Waals surface area contributed by atoms with Crippen LogP contribution in [0.4, 0.5) is 0 Å². The quantitative estimate of drug-likeness (QED) is 0.149. The largest absolute Gasteiger partial charge is 0.358 e. The third-order valence-corrected chi connectivity index (χ3v) is 9.58. The van der Waals surface area contributed by atoms with Gasteiger partial charge in [-0.15, -0.1) is 0 Å². The number of allylic oxidation sites excluding steroid dienone is 19. The van der Waals surface area contributed by atoms with Crippen LogP contribution in [-0.2, 0) is 4.74 Å². The van der Waals surface area contributed by atoms with Gasteiger partial charge in [0, 0.05) is 11.3 Å². The maximum Gasteiger partial charge on any atom is 0.121 e. The van der Waals surface area contributed by atoms with Crippen molar-refractivity contribution in [2.75, 3.05) is 0 Å². The van der Waals surface area contributed by atoms with Crippen LogP contribution in [0.1, 0.15) is 101 Å². The first-order valence-corrected chi connectivity index (χ1v) is 15.7. The van der Waals surface area contributed by atoms with Crippen LogP contribution >= 0.6 is 0 Å². The normalized spacial score (nSPS) is 31.2. The molecule has 0 amide bonds. The third kappa shape index (κ3) is 8.45. The van der Waals surface area contributed by atoms with E-state index in [0.717, 1.165) is 6.42 Å². The highest BCUT2D eigenvalue weighted by Gasteiger charge is 2.73. The Labute approximate surface area is 252 Å². The van der Waals surface area contributed by atoms with Gasteiger partial charge in [0.25, 0.3) is 0 Å². The molecular formula is C40H56O. The fourth-order valence-electron chi connectivity index (χ4n) is 6.73. The maximum absolute atomic E-state index is 6.34. The summed E-state index contributed by atoms with van der Waals surface area (Å²) in [6.45, 7) is 22.6. The van der Waals surface area contributed by atoms with Crippen molar-refractivity contribution in [3.63, 3.8) is 0 Å². The molecule has 0 aromatic heterocycles. The van der Waals surface area contributed by atoms with Gasteiger partial charge in [-0.2, -0.15) is 0 Å². The first-order chi connectivity index (χ1) is 19.2. The van der Waals surface area contributed by atoms with Crippen molar-refractivity contribution >= 4 is 0 Å². The SMILES string of the molecule is CC(C=CC=C(C)C=CC1C(C)=CCCC1(C)C)=CC=CC=C(C)C=CC=C(C)C=CC12OC1(C)CCCC2(C)C. The molecule has 2 aliphatic carbocycles. The van der Waals surface area contributed by atoms with Crippen molar-refractivity contribution in [1.82, 2.24) is 0 Å². The Hall–Kier alpha value is -2.64. The fourth-order valence-corrected chi connectivity index (χ4v) is 6.73. The lowest BCUT2D eigenvalue weighted by molar-refractivity contribution is 0.166. The van der Waals surface area contributed by atoms with Gasteiger partial charge < -0.3 is 4.74 Å². The van der Waals surface area contributed by atoms with E-state index in [2.05, 4.69) is 160 Å². The molecule has 0 aromatic carbocycles. The summed E-state index contributed by atoms with van der Waals surface area (Å²) < 4.78 is 6.34. The molecule has 0 spiro atoms. The lowest BCUT2D eigenvalue weighted by Crippen LogP contribution is -2.41. The van der Waals surface area contributed by atoms with Gasteiger partial charge in [0.2, 0.25) is 0 Å². The zero-order valence-electron chi connectivity index (χ0n) is 27.7. The fraction of sp³-hybridized carbons (Fsp3) is 0.500. The van der Waals surface area contributed by atoms with Gasteiger partial charge in [0.15, 0.2) is 0 Å². The molecular weight excluding hydrogens is 496 g/mol. The molecule has 3 atom stereocenters. The highest BCUT2D eigenvalue weighted by atomic mass is 16.6. The standard InChI is InChI=1S/C40H56O/c1-31(19-13-21-33(3)24-25-36-35(5)23-15-27-37(36,6)7)17-11-12-18-32(2)20-14-22-34(4)26-30-40-38(8,9)28-16-29-39(40,10)41-40/h11-14,17-26,30,36H,15-16,27-29H2,1-10H3. The summed E-state index contributed by atoms with van der Waals surface area (Å²) in [5, 5.41) is 0. The van der Waals surface area contributed by atoms with Gasteiger partial charge in [-0.3, -0.25) is 0 Å². The highest BCUT2D eigenvalue weighted by Crippen LogP contribution is 2.66. The van der Waals surface area contributed by atoms with Gasteiger partial charge in [-0.1, -0.05) is 141 Å². The molecule has 41 heavy (non-hydrogen) atoms. The molecule has 1 heterocycles. The number of epoxide rings is 1. The van der Waals surface area contributed by atoms with Crippen LogP contribution in [0.15, 0.2) is 119 Å². The number of hydrogen-bond acceptors (Lipinski definition) is 1. The number of rotatable bonds is 10. The molecule has 1 heteroatoms. The lowest BCUT2D eigenvalue weighted by atomic mass is 9.64. The Morgan fingerprint density at radius 1 is 0.707 bits per heavy atom. The topological polar surface area (TPSA) is 12.5 Å². The van der Waals surface area contributed by atoms with E-state index in [-0.39, 0.29) is 16.6 Å². The first kappa shape index (κ1) is 32.9. The average Bonchev–Trinajstić information content (AvgIpc) is 3.52. The molecule has 0 aromatic rings. The van der Waals surface area contributed by atoms with Crippen molar-refractivity contribution in [3.8, 4) is 0 Å². The van der Waals surface area contributed by atoms with Crippen LogP contribution in [0, 0.1) is 16.7 Å². The van der Waals surface area contributed by atoms with Crippen molar-refractivity contribution < 1.29 is 4.74 Å². The molecule has 0 bridgehead atoms. The monoisotopic (exact) mass is 552 g/mol. The minimum absolute atomic E-state index is 0.0195. The molecule has 0 radical (unpaired) electrons. The summed E-state index contributed by atoms with van der Waals surface area (Å²) >= 11 is 0. The van der Waals surface area contributed by atoms with Crippen LogP contribution in [-0.4, -0.2) is 11.2 Å². The first-order valence-electron chi connectivity index (χ1n) is 15.7. The molecule has 3 unspecified atom stereocenters. The second-order valence-corrected chi connectivity index (χ2v) is 14.2. The van der Waals surface area contributed by atoms with Gasteiger partial charge in [0.05, 0.1) is 5.60 Å². The molecule has 2 fully saturated rings. The van der Waals surface area contributed by atoms with Crippen LogP contribution in [0.3, 0.4) is 0 Å². The highest BCUT2D eigenvalue weighted by molar-refractivity contribution is 5.36. The summed E-state index contributed by atoms with van der Waals surface area (Å²) in [5.74, 6) is 0.529. The van der Waals surface area contributed by atoms with E-state index in [1.54, 1.807) is 0 Å². The minimum atomic E-state index is -0.104. The molecule has 1 saturated heterocycles. The Bertz CT molecular complexity index is 1250. The van der Waals surface area contributed by atoms with Gasteiger partial charge in [0.1, 0.15) is 5.60 Å². The number of ether oxygens (including phenoxy) is 1. The van der Waals surface area contributed by atoms with E-state index in [1.165, 1.54) is 53.5 Å². The average molecular weight is 553 g/mol. The smallest absolute Gasteiger partial charge is 0.121 e. The van der Waals surface area contributed by atoms with Crippen LogP contribution in [0.25, 0.3) is 0 Å². The zero-order valence-corrected chi connectivity index (χ0v) is 27.7. The van der Waals surface area contributed by atoms with Crippen molar-refractivity contribution in [2.45, 2.75) is 113 Å². The zero-order chi connectivity index (χ0) is 30.3. The van der Waals surface area contributed by atoms with E-state index < -0.39 is 0 Å². The Morgan fingerprint density at radius 2 is 1.24 bits per heavy atom. The van der Waals surface area contributed by atoms with Crippen molar-refractivity contribution in [1.29, 1.82) is 0 Å². The second kappa shape index (κ2) is 13.6. The van der Waals surface area contributed by atoms with Gasteiger partial charge >= 0.3 is 0 Å². The maximum atomic E-state index is 6.34. The lowest BCUT2D eigenvalue weighted by Gasteiger charge is -2.36. The summed E-state index contributed by atoms with van der Waals surface area (Å²) in [7, 11) is 0. The number of hydrogen-bond donors (Lipinski definition) is 0. The molecule has 3 rings (SSSR count). The Kier molecular flexibility index (Phi) is 10.9. The van der Waals surface area contributed by atoms with E-state index in [1.807, 2.05) is 0 Å². The van der Waals surface area contributed by atoms with E-state index in [9.17, 15) is 0 Å². The summed E-state index contributed by atoms with van der Waals surface area (Å²) in [6.07, 6.45) is 39.2. The van der Waals surface area contributed by atoms with Crippen molar-refractivity contribution in [2.24, 2.45) is 16.7 Å². The van der Waals surface area contributed by atoms with Crippen LogP contribution in [0.2, 0.25) is 0 Å². The summed E-state index contributed by atoms with van der Waals surface area (Å²) in [5.41, 5.74) is 6.92. The van der Waals surface area contributed by atoms with Crippen molar-refractivity contribution in [3.05, 3.63) is 119 Å². The van der Waals surface area contributed by atoms with E-state index >= 15 is 0 Å². The summed E-state index contributed by atoms with van der Waals surface area (Å²) in [4.78, 5) is 0. The predicted molar refractivity (Wildman–Crippen MR) is 181 cm³/mol. The minimum Gasteiger partial charge on any atom is -0.358 e. The number of fused-ring (bicyclic) bond motifs is 1. The Balaban J connectivity index is 1.48. The van der Waals surface area contributed by atoms with E-state index in [0.29, 0.717) is 11.3 Å². The van der Waals surface area contributed by atoms with Crippen LogP contribution in [0.5, 0.6) is 0 Å². The Morgan fingerprint density at radius 3 is 1.80 bits per heavy atom. The molecule has 3 aliphatic rings. The molecule has 222 valence electrons. The molecule has 1 aliphatic heterocycles.